The monoisotopic (exact) mass is 393 g/mol. The van der Waals surface area contributed by atoms with E-state index in [1.54, 1.807) is 0 Å². The van der Waals surface area contributed by atoms with Gasteiger partial charge in [0.1, 0.15) is 5.41 Å². The molecule has 0 aromatic heterocycles. The van der Waals surface area contributed by atoms with Crippen LogP contribution in [-0.2, 0) is 14.9 Å². The Labute approximate surface area is 174 Å². The summed E-state index contributed by atoms with van der Waals surface area (Å²) in [6.45, 7) is 8.49. The van der Waals surface area contributed by atoms with Gasteiger partial charge in [-0.15, -0.1) is 0 Å². The molecule has 2 aromatic carbocycles. The third kappa shape index (κ3) is 3.54. The van der Waals surface area contributed by atoms with Crippen LogP contribution in [0.25, 0.3) is 0 Å². The van der Waals surface area contributed by atoms with E-state index in [0.29, 0.717) is 10.4 Å². The summed E-state index contributed by atoms with van der Waals surface area (Å²) in [5.41, 5.74) is 1.69. The van der Waals surface area contributed by atoms with Crippen molar-refractivity contribution in [3.05, 3.63) is 71.8 Å². The van der Waals surface area contributed by atoms with Crippen molar-refractivity contribution in [1.29, 1.82) is 0 Å². The molecule has 4 heteroatoms. The lowest BCUT2D eigenvalue weighted by Crippen LogP contribution is -2.50. The first-order chi connectivity index (χ1) is 14.1. The molecule has 29 heavy (non-hydrogen) atoms. The number of quaternary nitrogens is 1. The average molecular weight is 394 g/mol. The van der Waals surface area contributed by atoms with Crippen molar-refractivity contribution in [2.75, 3.05) is 53.0 Å². The fourth-order valence-electron chi connectivity index (χ4n) is 5.34. The van der Waals surface area contributed by atoms with Crippen LogP contribution < -0.4 is 0 Å². The number of carbonyl (C=O) groups is 1. The van der Waals surface area contributed by atoms with Gasteiger partial charge in [0.25, 0.3) is 0 Å². The summed E-state index contributed by atoms with van der Waals surface area (Å²) >= 11 is 0. The maximum absolute atomic E-state index is 14.2. The number of amides is 1. The number of nitrogens with zero attached hydrogens (tertiary/aromatic N) is 2. The summed E-state index contributed by atoms with van der Waals surface area (Å²) in [4.78, 5) is 16.7. The number of likely N-dealkylation sites (N-methyl/N-ethyl adjacent to an activating group) is 1. The zero-order valence-corrected chi connectivity index (χ0v) is 17.7. The number of hydrogen-bond acceptors (Lipinski definition) is 3. The number of likely N-dealkylation sites (tertiary alicyclic amines) is 1. The van der Waals surface area contributed by atoms with Crippen LogP contribution in [0.2, 0.25) is 0 Å². The Bertz CT molecular complexity index is 778. The van der Waals surface area contributed by atoms with Gasteiger partial charge in [0.15, 0.2) is 0 Å². The standard InChI is InChI=1S/C25H33N2O2/c1-3-27(2)20-23(14-15-26-16-18-29-19-17-26)25(24(27)28,21-10-6-4-7-11-21)22-12-8-5-9-13-22/h4-13,23H,3,14-20H2,1-2H3/q+1. The molecule has 2 heterocycles. The van der Waals surface area contributed by atoms with E-state index in [0.717, 1.165) is 63.5 Å². The molecule has 2 fully saturated rings. The first-order valence-electron chi connectivity index (χ1n) is 10.9. The topological polar surface area (TPSA) is 29.5 Å². The molecule has 0 radical (unpaired) electrons. The Balaban J connectivity index is 1.78. The normalized spacial score (nSPS) is 27.2. The van der Waals surface area contributed by atoms with Crippen LogP contribution in [0.5, 0.6) is 0 Å². The number of benzene rings is 2. The summed E-state index contributed by atoms with van der Waals surface area (Å²) in [5.74, 6) is 0.608. The van der Waals surface area contributed by atoms with Gasteiger partial charge in [0, 0.05) is 19.0 Å². The fraction of sp³-hybridized carbons (Fsp3) is 0.480. The Kier molecular flexibility index (Phi) is 5.86. The Morgan fingerprint density at radius 1 is 1.00 bits per heavy atom. The molecule has 2 aliphatic heterocycles. The van der Waals surface area contributed by atoms with E-state index in [1.807, 2.05) is 12.1 Å². The molecule has 0 N–H and O–H groups in total. The molecule has 0 spiro atoms. The summed E-state index contributed by atoms with van der Waals surface area (Å²) in [7, 11) is 2.12. The second-order valence-corrected chi connectivity index (χ2v) is 8.68. The quantitative estimate of drug-likeness (QED) is 0.705. The average Bonchev–Trinajstić information content (AvgIpc) is 3.02. The van der Waals surface area contributed by atoms with E-state index in [9.17, 15) is 4.79 Å². The van der Waals surface area contributed by atoms with E-state index in [4.69, 9.17) is 4.74 Å². The lowest BCUT2D eigenvalue weighted by molar-refractivity contribution is -0.826. The second-order valence-electron chi connectivity index (χ2n) is 8.68. The predicted molar refractivity (Wildman–Crippen MR) is 116 cm³/mol. The van der Waals surface area contributed by atoms with Gasteiger partial charge in [0.05, 0.1) is 33.4 Å². The maximum atomic E-state index is 14.2. The lowest BCUT2D eigenvalue weighted by Gasteiger charge is -2.34. The molecule has 2 atom stereocenters. The highest BCUT2D eigenvalue weighted by atomic mass is 16.5. The third-order valence-electron chi connectivity index (χ3n) is 7.12. The number of hydrogen-bond donors (Lipinski definition) is 0. The molecular weight excluding hydrogens is 360 g/mol. The SMILES string of the molecule is CC[N+]1(C)CC(CCN2CCOCC2)C(c2ccccc2)(c2ccccc2)C1=O. The largest absolute Gasteiger partial charge is 0.379 e. The molecule has 1 amide bonds. The smallest absolute Gasteiger partial charge is 0.329 e. The van der Waals surface area contributed by atoms with E-state index in [2.05, 4.69) is 67.4 Å². The molecule has 4 nitrogen and oxygen atoms in total. The zero-order chi connectivity index (χ0) is 20.3. The lowest BCUT2D eigenvalue weighted by atomic mass is 9.66. The van der Waals surface area contributed by atoms with Crippen LogP contribution in [0.3, 0.4) is 0 Å². The summed E-state index contributed by atoms with van der Waals surface area (Å²) in [5, 5.41) is 0. The van der Waals surface area contributed by atoms with Crippen molar-refractivity contribution >= 4 is 5.91 Å². The molecule has 0 bridgehead atoms. The number of morpholine rings is 1. The molecule has 2 saturated heterocycles. The second kappa shape index (κ2) is 8.39. The molecule has 2 aromatic rings. The molecule has 0 aliphatic carbocycles. The van der Waals surface area contributed by atoms with Crippen molar-refractivity contribution in [3.63, 3.8) is 0 Å². The predicted octanol–water partition coefficient (Wildman–Crippen LogP) is 3.32. The summed E-state index contributed by atoms with van der Waals surface area (Å²) in [6, 6.07) is 21.0. The van der Waals surface area contributed by atoms with E-state index in [-0.39, 0.29) is 5.92 Å². The maximum Gasteiger partial charge on any atom is 0.329 e. The van der Waals surface area contributed by atoms with Gasteiger partial charge in [-0.25, -0.2) is 4.79 Å². The van der Waals surface area contributed by atoms with E-state index >= 15 is 0 Å². The Morgan fingerprint density at radius 2 is 1.55 bits per heavy atom. The first-order valence-corrected chi connectivity index (χ1v) is 10.9. The van der Waals surface area contributed by atoms with Crippen LogP contribution in [0.15, 0.2) is 60.7 Å². The van der Waals surface area contributed by atoms with Crippen molar-refractivity contribution in [2.24, 2.45) is 5.92 Å². The van der Waals surface area contributed by atoms with Gasteiger partial charge in [-0.3, -0.25) is 9.38 Å². The van der Waals surface area contributed by atoms with Gasteiger partial charge < -0.3 is 4.74 Å². The van der Waals surface area contributed by atoms with Gasteiger partial charge >= 0.3 is 5.91 Å². The van der Waals surface area contributed by atoms with Gasteiger partial charge in [0.2, 0.25) is 0 Å². The van der Waals surface area contributed by atoms with Crippen LogP contribution in [-0.4, -0.2) is 68.3 Å². The van der Waals surface area contributed by atoms with Crippen molar-refractivity contribution in [3.8, 4) is 0 Å². The van der Waals surface area contributed by atoms with Gasteiger partial charge in [-0.05, 0) is 31.0 Å². The Hall–Kier alpha value is -2.01. The molecule has 0 saturated carbocycles. The fourth-order valence-corrected chi connectivity index (χ4v) is 5.34. The first kappa shape index (κ1) is 20.3. The highest BCUT2D eigenvalue weighted by Crippen LogP contribution is 2.49. The van der Waals surface area contributed by atoms with Crippen LogP contribution in [0, 0.1) is 5.92 Å². The van der Waals surface area contributed by atoms with Gasteiger partial charge in [-0.1, -0.05) is 60.7 Å². The van der Waals surface area contributed by atoms with E-state index < -0.39 is 5.41 Å². The Morgan fingerprint density at radius 3 is 2.07 bits per heavy atom. The molecule has 2 aliphatic rings. The van der Waals surface area contributed by atoms with Crippen LogP contribution in [0.1, 0.15) is 24.5 Å². The molecular formula is C25H33N2O2+. The minimum absolute atomic E-state index is 0.271. The highest BCUT2D eigenvalue weighted by molar-refractivity contribution is 5.89. The minimum atomic E-state index is -0.584. The summed E-state index contributed by atoms with van der Waals surface area (Å²) in [6.07, 6.45) is 1.02. The van der Waals surface area contributed by atoms with Crippen molar-refractivity contribution < 1.29 is 14.0 Å². The number of rotatable bonds is 6. The summed E-state index contributed by atoms with van der Waals surface area (Å²) < 4.78 is 6.02. The minimum Gasteiger partial charge on any atom is -0.379 e. The molecule has 154 valence electrons. The van der Waals surface area contributed by atoms with E-state index in [1.165, 1.54) is 0 Å². The molecule has 4 rings (SSSR count). The highest BCUT2D eigenvalue weighted by Gasteiger charge is 2.63. The van der Waals surface area contributed by atoms with Crippen LogP contribution >= 0.6 is 0 Å². The number of ether oxygens (including phenoxy) is 1. The van der Waals surface area contributed by atoms with Crippen molar-refractivity contribution in [2.45, 2.75) is 18.8 Å². The van der Waals surface area contributed by atoms with Crippen molar-refractivity contribution in [1.82, 2.24) is 4.90 Å². The number of carbonyl (C=O) groups excluding carboxylic acids is 1. The van der Waals surface area contributed by atoms with Gasteiger partial charge in [-0.2, -0.15) is 0 Å². The third-order valence-corrected chi connectivity index (χ3v) is 7.12. The zero-order valence-electron chi connectivity index (χ0n) is 17.7. The molecule has 2 unspecified atom stereocenters. The van der Waals surface area contributed by atoms with Crippen LogP contribution in [0.4, 0.5) is 0 Å².